The predicted octanol–water partition coefficient (Wildman–Crippen LogP) is 4.74. The summed E-state index contributed by atoms with van der Waals surface area (Å²) in [5.41, 5.74) is -1.84. The van der Waals surface area contributed by atoms with E-state index in [0.717, 1.165) is 26.0 Å². The topological polar surface area (TPSA) is 108 Å². The van der Waals surface area contributed by atoms with Crippen molar-refractivity contribution >= 4 is 17.2 Å². The van der Waals surface area contributed by atoms with Gasteiger partial charge < -0.3 is 19.0 Å². The largest absolute Gasteiger partial charge is 0.478 e. The Labute approximate surface area is 178 Å². The number of aliphatic carboxylic acids is 1. The van der Waals surface area contributed by atoms with Crippen LogP contribution in [0.4, 0.5) is 13.2 Å². The zero-order chi connectivity index (χ0) is 23.0. The van der Waals surface area contributed by atoms with E-state index in [2.05, 4.69) is 15.0 Å². The molecule has 0 atom stereocenters. The summed E-state index contributed by atoms with van der Waals surface area (Å²) < 4.78 is 58.4. The van der Waals surface area contributed by atoms with Gasteiger partial charge in [-0.25, -0.2) is 27.9 Å². The fourth-order valence-corrected chi connectivity index (χ4v) is 2.60. The van der Waals surface area contributed by atoms with Crippen LogP contribution in [0.25, 0.3) is 22.7 Å². The van der Waals surface area contributed by atoms with E-state index < -0.39 is 34.8 Å². The quantitative estimate of drug-likeness (QED) is 0.454. The van der Waals surface area contributed by atoms with Gasteiger partial charge in [-0.05, 0) is 38.1 Å². The Hall–Kier alpha value is -4.15. The van der Waals surface area contributed by atoms with Gasteiger partial charge in [-0.2, -0.15) is 4.98 Å². The number of benzene rings is 2. The average molecular weight is 445 g/mol. The summed E-state index contributed by atoms with van der Waals surface area (Å²) in [5.74, 6) is -5.44. The second-order valence-electron chi connectivity index (χ2n) is 7.08. The molecule has 0 fully saturated rings. The van der Waals surface area contributed by atoms with Crippen LogP contribution in [0.15, 0.2) is 47.0 Å². The van der Waals surface area contributed by atoms with Crippen LogP contribution in [0.1, 0.15) is 13.8 Å². The summed E-state index contributed by atoms with van der Waals surface area (Å²) in [4.78, 5) is 23.1. The molecule has 11 heteroatoms. The minimum atomic E-state index is -1.86. The Balaban J connectivity index is 1.65. The number of carboxylic acid groups (broad SMARTS) is 1. The van der Waals surface area contributed by atoms with E-state index in [4.69, 9.17) is 19.0 Å². The first kappa shape index (κ1) is 21.1. The highest BCUT2D eigenvalue weighted by atomic mass is 19.1. The van der Waals surface area contributed by atoms with Crippen LogP contribution in [0.5, 0.6) is 17.5 Å². The molecule has 164 valence electrons. The number of carbonyl (C=O) groups is 1. The fraction of sp³-hybridized carbons (Fsp3) is 0.143. The van der Waals surface area contributed by atoms with E-state index in [0.29, 0.717) is 0 Å². The third-order valence-corrected chi connectivity index (χ3v) is 4.28. The van der Waals surface area contributed by atoms with Crippen molar-refractivity contribution in [2.75, 3.05) is 0 Å². The Morgan fingerprint density at radius 2 is 1.75 bits per heavy atom. The second kappa shape index (κ2) is 7.84. The summed E-state index contributed by atoms with van der Waals surface area (Å²) in [7, 11) is 0. The van der Waals surface area contributed by atoms with E-state index in [9.17, 15) is 18.0 Å². The molecule has 0 unspecified atom stereocenters. The average Bonchev–Trinajstić information content (AvgIpc) is 3.15. The molecule has 8 nitrogen and oxygen atoms in total. The molecule has 0 amide bonds. The Morgan fingerprint density at radius 1 is 1.06 bits per heavy atom. The second-order valence-corrected chi connectivity index (χ2v) is 7.08. The van der Waals surface area contributed by atoms with Crippen LogP contribution in [0, 0.1) is 17.5 Å². The van der Waals surface area contributed by atoms with Gasteiger partial charge >= 0.3 is 12.0 Å². The molecule has 4 aromatic rings. The molecule has 1 N–H and O–H groups in total. The molecular weight excluding hydrogens is 431 g/mol. The molecule has 0 aliphatic carbocycles. The molecule has 2 aromatic carbocycles. The highest BCUT2D eigenvalue weighted by molar-refractivity contribution is 5.77. The molecule has 0 saturated heterocycles. The fourth-order valence-electron chi connectivity index (χ4n) is 2.60. The molecule has 0 spiro atoms. The molecular formula is C21H14F3N3O5. The van der Waals surface area contributed by atoms with Crippen LogP contribution in [0.2, 0.25) is 0 Å². The van der Waals surface area contributed by atoms with E-state index in [1.165, 1.54) is 24.4 Å². The summed E-state index contributed by atoms with van der Waals surface area (Å²) in [6.45, 7) is 2.31. The molecule has 0 bridgehead atoms. The smallest absolute Gasteiger partial charge is 0.347 e. The number of ether oxygens (including phenoxy) is 2. The summed E-state index contributed by atoms with van der Waals surface area (Å²) >= 11 is 0. The van der Waals surface area contributed by atoms with E-state index in [1.807, 2.05) is 0 Å². The van der Waals surface area contributed by atoms with Gasteiger partial charge in [0.25, 0.3) is 5.71 Å². The van der Waals surface area contributed by atoms with Gasteiger partial charge in [-0.15, -0.1) is 0 Å². The summed E-state index contributed by atoms with van der Waals surface area (Å²) in [6, 6.07) is 7.19. The first-order chi connectivity index (χ1) is 15.1. The third kappa shape index (κ3) is 4.04. The van der Waals surface area contributed by atoms with Crippen molar-refractivity contribution in [3.8, 4) is 29.0 Å². The maximum absolute atomic E-state index is 14.5. The van der Waals surface area contributed by atoms with E-state index >= 15 is 0 Å². The number of carboxylic acids is 1. The van der Waals surface area contributed by atoms with E-state index in [-0.39, 0.29) is 34.4 Å². The molecule has 0 aliphatic heterocycles. The number of nitrogens with zero attached hydrogens (tertiary/aromatic N) is 3. The van der Waals surface area contributed by atoms with Crippen molar-refractivity contribution in [1.82, 2.24) is 15.0 Å². The Bertz CT molecular complexity index is 1320. The van der Waals surface area contributed by atoms with Crippen molar-refractivity contribution in [3.63, 3.8) is 0 Å². The van der Waals surface area contributed by atoms with Gasteiger partial charge in [0, 0.05) is 5.56 Å². The zero-order valence-corrected chi connectivity index (χ0v) is 16.6. The molecule has 0 aliphatic rings. The summed E-state index contributed by atoms with van der Waals surface area (Å²) in [6.07, 6.45) is 1.24. The first-order valence-electron chi connectivity index (χ1n) is 9.12. The molecule has 0 saturated carbocycles. The zero-order valence-electron chi connectivity index (χ0n) is 16.6. The van der Waals surface area contributed by atoms with Gasteiger partial charge in [-0.1, -0.05) is 12.1 Å². The van der Waals surface area contributed by atoms with Crippen LogP contribution >= 0.6 is 0 Å². The van der Waals surface area contributed by atoms with Crippen molar-refractivity contribution in [2.45, 2.75) is 19.4 Å². The number of rotatable bonds is 6. The number of oxazole rings is 1. The third-order valence-electron chi connectivity index (χ3n) is 4.28. The number of halogens is 3. The number of aromatic nitrogens is 3. The minimum absolute atomic E-state index is 0.0607. The molecule has 32 heavy (non-hydrogen) atoms. The number of hydrogen-bond donors (Lipinski definition) is 1. The van der Waals surface area contributed by atoms with E-state index in [1.54, 1.807) is 6.07 Å². The molecule has 0 radical (unpaired) electrons. The predicted molar refractivity (Wildman–Crippen MR) is 104 cm³/mol. The standard InChI is InChI=1S/C21H14F3N3O5/c1-21(2,19(28)29)32-16-12(23)7-10(8-13(16)24)17-26-14-9-25-20(27-18(14)31-17)30-15-6-4-3-5-11(15)22/h3-9H,1-2H3,(H,28,29). The lowest BCUT2D eigenvalue weighted by Crippen LogP contribution is -2.38. The minimum Gasteiger partial charge on any atom is -0.478 e. The highest BCUT2D eigenvalue weighted by Gasteiger charge is 2.32. The van der Waals surface area contributed by atoms with Gasteiger partial charge in [-0.3, -0.25) is 0 Å². The first-order valence-corrected chi connectivity index (χ1v) is 9.12. The lowest BCUT2D eigenvalue weighted by molar-refractivity contribution is -0.152. The Kier molecular flexibility index (Phi) is 5.17. The molecule has 4 rings (SSSR count). The Morgan fingerprint density at radius 3 is 2.41 bits per heavy atom. The van der Waals surface area contributed by atoms with Gasteiger partial charge in [0.2, 0.25) is 5.89 Å². The number of para-hydroxylation sites is 1. The monoisotopic (exact) mass is 445 g/mol. The van der Waals surface area contributed by atoms with Crippen molar-refractivity contribution in [3.05, 3.63) is 60.0 Å². The van der Waals surface area contributed by atoms with Crippen LogP contribution in [0.3, 0.4) is 0 Å². The highest BCUT2D eigenvalue weighted by Crippen LogP contribution is 2.32. The maximum atomic E-state index is 14.5. The maximum Gasteiger partial charge on any atom is 0.347 e. The summed E-state index contributed by atoms with van der Waals surface area (Å²) in [5, 5.41) is 9.09. The van der Waals surface area contributed by atoms with Gasteiger partial charge in [0.05, 0.1) is 6.20 Å². The SMILES string of the molecule is CC(C)(Oc1c(F)cc(-c2nc3cnc(Oc4ccccc4F)nc3o2)cc1F)C(=O)O. The lowest BCUT2D eigenvalue weighted by Gasteiger charge is -2.22. The molecule has 2 aromatic heterocycles. The number of fused-ring (bicyclic) bond motifs is 1. The normalized spacial score (nSPS) is 11.5. The number of hydrogen-bond acceptors (Lipinski definition) is 7. The van der Waals surface area contributed by atoms with Crippen LogP contribution < -0.4 is 9.47 Å². The molecule has 2 heterocycles. The van der Waals surface area contributed by atoms with Gasteiger partial charge in [0.1, 0.15) is 5.52 Å². The van der Waals surface area contributed by atoms with Crippen LogP contribution in [-0.4, -0.2) is 31.6 Å². The van der Waals surface area contributed by atoms with Gasteiger partial charge in [0.15, 0.2) is 34.6 Å². The van der Waals surface area contributed by atoms with Crippen molar-refractivity contribution in [1.29, 1.82) is 0 Å². The van der Waals surface area contributed by atoms with Crippen molar-refractivity contribution in [2.24, 2.45) is 0 Å². The lowest BCUT2D eigenvalue weighted by atomic mass is 10.1. The van der Waals surface area contributed by atoms with Crippen molar-refractivity contribution < 1.29 is 37.0 Å². The van der Waals surface area contributed by atoms with Crippen LogP contribution in [-0.2, 0) is 4.79 Å².